The third-order valence-electron chi connectivity index (χ3n) is 2.59. The molecule has 4 heteroatoms. The number of nitrogens with two attached hydrogens (primary N) is 1. The standard InChI is InChI=1S/C13H20N2O2/c1-10(5-6-16)9-15-13(17)8-11-3-2-4-12(14)7-11/h2-4,7,10,16H,5-6,8-9,14H2,1H3,(H,15,17). The Morgan fingerprint density at radius 1 is 1.53 bits per heavy atom. The van der Waals surface area contributed by atoms with Crippen molar-refractivity contribution < 1.29 is 9.90 Å². The number of nitrogen functional groups attached to an aromatic ring is 1. The van der Waals surface area contributed by atoms with Gasteiger partial charge in [0.25, 0.3) is 0 Å². The number of nitrogens with one attached hydrogen (secondary N) is 1. The lowest BCUT2D eigenvalue weighted by atomic mass is 10.1. The molecule has 1 unspecified atom stereocenters. The average Bonchev–Trinajstić information content (AvgIpc) is 2.27. The second-order valence-electron chi connectivity index (χ2n) is 4.34. The van der Waals surface area contributed by atoms with Gasteiger partial charge in [0.05, 0.1) is 6.42 Å². The van der Waals surface area contributed by atoms with Gasteiger partial charge in [0.1, 0.15) is 0 Å². The van der Waals surface area contributed by atoms with E-state index in [-0.39, 0.29) is 12.5 Å². The quantitative estimate of drug-likeness (QED) is 0.644. The number of carbonyl (C=O) groups excluding carboxylic acids is 1. The summed E-state index contributed by atoms with van der Waals surface area (Å²) in [5.74, 6) is 0.283. The van der Waals surface area contributed by atoms with E-state index in [1.165, 1.54) is 0 Å². The fraction of sp³-hybridized carbons (Fsp3) is 0.462. The molecule has 0 saturated heterocycles. The predicted octanol–water partition coefficient (Wildman–Crippen LogP) is 0.946. The van der Waals surface area contributed by atoms with Crippen LogP contribution in [0, 0.1) is 5.92 Å². The molecule has 0 radical (unpaired) electrons. The number of carbonyl (C=O) groups is 1. The van der Waals surface area contributed by atoms with E-state index < -0.39 is 0 Å². The van der Waals surface area contributed by atoms with Crippen LogP contribution >= 0.6 is 0 Å². The van der Waals surface area contributed by atoms with Gasteiger partial charge in [-0.15, -0.1) is 0 Å². The molecule has 0 bridgehead atoms. The second kappa shape index (κ2) is 6.91. The Balaban J connectivity index is 2.34. The molecule has 94 valence electrons. The first-order valence-electron chi connectivity index (χ1n) is 5.83. The number of benzene rings is 1. The van der Waals surface area contributed by atoms with E-state index in [1.807, 2.05) is 19.1 Å². The maximum atomic E-state index is 11.6. The molecule has 4 N–H and O–H groups in total. The van der Waals surface area contributed by atoms with Crippen molar-refractivity contribution in [3.8, 4) is 0 Å². The SMILES string of the molecule is CC(CCO)CNC(=O)Cc1cccc(N)c1. The van der Waals surface area contributed by atoms with Crippen molar-refractivity contribution in [2.45, 2.75) is 19.8 Å². The van der Waals surface area contributed by atoms with Gasteiger partial charge in [-0.05, 0) is 30.0 Å². The minimum atomic E-state index is -0.0135. The maximum Gasteiger partial charge on any atom is 0.224 e. The highest BCUT2D eigenvalue weighted by Crippen LogP contribution is 2.07. The Morgan fingerprint density at radius 2 is 2.29 bits per heavy atom. The second-order valence-corrected chi connectivity index (χ2v) is 4.34. The summed E-state index contributed by atoms with van der Waals surface area (Å²) in [7, 11) is 0. The molecule has 0 heterocycles. The van der Waals surface area contributed by atoms with Crippen LogP contribution in [0.4, 0.5) is 5.69 Å². The van der Waals surface area contributed by atoms with Gasteiger partial charge >= 0.3 is 0 Å². The Labute approximate surface area is 102 Å². The highest BCUT2D eigenvalue weighted by Gasteiger charge is 2.06. The van der Waals surface area contributed by atoms with Gasteiger partial charge < -0.3 is 16.2 Å². The molecule has 0 aromatic heterocycles. The van der Waals surface area contributed by atoms with Crippen LogP contribution < -0.4 is 11.1 Å². The summed E-state index contributed by atoms with van der Waals surface area (Å²) >= 11 is 0. The molecule has 0 saturated carbocycles. The van der Waals surface area contributed by atoms with Crippen molar-refractivity contribution >= 4 is 11.6 Å². The molecule has 17 heavy (non-hydrogen) atoms. The van der Waals surface area contributed by atoms with Gasteiger partial charge in [-0.25, -0.2) is 0 Å². The number of hydrogen-bond donors (Lipinski definition) is 3. The number of aliphatic hydroxyl groups excluding tert-OH is 1. The summed E-state index contributed by atoms with van der Waals surface area (Å²) in [5, 5.41) is 11.6. The molecule has 0 fully saturated rings. The number of rotatable bonds is 6. The van der Waals surface area contributed by atoms with Crippen LogP contribution in [0.25, 0.3) is 0 Å². The Hall–Kier alpha value is -1.55. The molecule has 0 spiro atoms. The summed E-state index contributed by atoms with van der Waals surface area (Å²) in [4.78, 5) is 11.6. The van der Waals surface area contributed by atoms with Crippen LogP contribution in [0.15, 0.2) is 24.3 Å². The third-order valence-corrected chi connectivity index (χ3v) is 2.59. The molecule has 0 aliphatic carbocycles. The molecule has 1 atom stereocenters. The van der Waals surface area contributed by atoms with Crippen molar-refractivity contribution in [2.75, 3.05) is 18.9 Å². The first kappa shape index (κ1) is 13.5. The van der Waals surface area contributed by atoms with E-state index in [9.17, 15) is 4.79 Å². The zero-order chi connectivity index (χ0) is 12.7. The minimum Gasteiger partial charge on any atom is -0.399 e. The maximum absolute atomic E-state index is 11.6. The Bertz CT molecular complexity index is 366. The summed E-state index contributed by atoms with van der Waals surface area (Å²) in [6.07, 6.45) is 1.05. The molecule has 1 amide bonds. The molecule has 0 aliphatic heterocycles. The molecule has 1 aromatic carbocycles. The lowest BCUT2D eigenvalue weighted by Gasteiger charge is -2.11. The minimum absolute atomic E-state index is 0.0135. The Kier molecular flexibility index (Phi) is 5.49. The normalized spacial score (nSPS) is 12.1. The van der Waals surface area contributed by atoms with Gasteiger partial charge in [0.15, 0.2) is 0 Å². The Morgan fingerprint density at radius 3 is 2.94 bits per heavy atom. The highest BCUT2D eigenvalue weighted by atomic mass is 16.3. The zero-order valence-corrected chi connectivity index (χ0v) is 10.1. The molecule has 1 rings (SSSR count). The smallest absolute Gasteiger partial charge is 0.224 e. The molecular formula is C13H20N2O2. The predicted molar refractivity (Wildman–Crippen MR) is 68.4 cm³/mol. The summed E-state index contributed by atoms with van der Waals surface area (Å²) in [5.41, 5.74) is 7.22. The van der Waals surface area contributed by atoms with E-state index in [0.29, 0.717) is 31.0 Å². The van der Waals surface area contributed by atoms with Crippen molar-refractivity contribution in [3.05, 3.63) is 29.8 Å². The van der Waals surface area contributed by atoms with Gasteiger partial charge in [-0.2, -0.15) is 0 Å². The number of anilines is 1. The van der Waals surface area contributed by atoms with Gasteiger partial charge in [0.2, 0.25) is 5.91 Å². The van der Waals surface area contributed by atoms with Crippen LogP contribution in [0.2, 0.25) is 0 Å². The van der Waals surface area contributed by atoms with Crippen molar-refractivity contribution in [2.24, 2.45) is 5.92 Å². The topological polar surface area (TPSA) is 75.3 Å². The van der Waals surface area contributed by atoms with E-state index in [1.54, 1.807) is 12.1 Å². The van der Waals surface area contributed by atoms with Gasteiger partial charge in [-0.3, -0.25) is 4.79 Å². The highest BCUT2D eigenvalue weighted by molar-refractivity contribution is 5.78. The number of hydrogen-bond acceptors (Lipinski definition) is 3. The first-order valence-corrected chi connectivity index (χ1v) is 5.83. The fourth-order valence-corrected chi connectivity index (χ4v) is 1.56. The molecule has 0 aliphatic rings. The molecular weight excluding hydrogens is 216 g/mol. The summed E-state index contributed by atoms with van der Waals surface area (Å²) < 4.78 is 0. The van der Waals surface area contributed by atoms with Crippen LogP contribution in [-0.4, -0.2) is 24.2 Å². The lowest BCUT2D eigenvalue weighted by Crippen LogP contribution is -2.29. The number of aliphatic hydroxyl groups is 1. The van der Waals surface area contributed by atoms with Gasteiger partial charge in [-0.1, -0.05) is 19.1 Å². The van der Waals surface area contributed by atoms with Crippen LogP contribution in [0.5, 0.6) is 0 Å². The molecule has 1 aromatic rings. The summed E-state index contributed by atoms with van der Waals surface area (Å²) in [6, 6.07) is 7.32. The molecule has 4 nitrogen and oxygen atoms in total. The average molecular weight is 236 g/mol. The lowest BCUT2D eigenvalue weighted by molar-refractivity contribution is -0.120. The van der Waals surface area contributed by atoms with Crippen molar-refractivity contribution in [1.29, 1.82) is 0 Å². The van der Waals surface area contributed by atoms with E-state index in [4.69, 9.17) is 10.8 Å². The van der Waals surface area contributed by atoms with Crippen LogP contribution in [0.1, 0.15) is 18.9 Å². The van der Waals surface area contributed by atoms with Gasteiger partial charge in [0, 0.05) is 18.8 Å². The zero-order valence-electron chi connectivity index (χ0n) is 10.1. The van der Waals surface area contributed by atoms with E-state index >= 15 is 0 Å². The van der Waals surface area contributed by atoms with Crippen molar-refractivity contribution in [1.82, 2.24) is 5.32 Å². The summed E-state index contributed by atoms with van der Waals surface area (Å²) in [6.45, 7) is 2.75. The largest absolute Gasteiger partial charge is 0.399 e. The van der Waals surface area contributed by atoms with Crippen LogP contribution in [0.3, 0.4) is 0 Å². The number of amides is 1. The van der Waals surface area contributed by atoms with E-state index in [0.717, 1.165) is 5.56 Å². The first-order chi connectivity index (χ1) is 8.11. The fourth-order valence-electron chi connectivity index (χ4n) is 1.56. The monoisotopic (exact) mass is 236 g/mol. The van der Waals surface area contributed by atoms with Crippen LogP contribution in [-0.2, 0) is 11.2 Å². The van der Waals surface area contributed by atoms with E-state index in [2.05, 4.69) is 5.32 Å². The third kappa shape index (κ3) is 5.36. The van der Waals surface area contributed by atoms with Crippen molar-refractivity contribution in [3.63, 3.8) is 0 Å².